The number of benzene rings is 2. The van der Waals surface area contributed by atoms with E-state index in [1.807, 2.05) is 12.1 Å². The van der Waals surface area contributed by atoms with E-state index in [0.29, 0.717) is 17.3 Å². The number of nitrogens with one attached hydrogen (secondary N) is 2. The molecule has 1 amide bonds. The van der Waals surface area contributed by atoms with E-state index >= 15 is 0 Å². The van der Waals surface area contributed by atoms with Crippen LogP contribution in [0.25, 0.3) is 10.8 Å². The van der Waals surface area contributed by atoms with Gasteiger partial charge in [0.2, 0.25) is 0 Å². The standard InChI is InChI=1S/C22H22FN3O2/c23-16-10-8-15(9-11-16)22(12-4-1-5-13-22)14-24-21(28)19-17-6-2-3-7-18(17)20(27)26-25-19/h2-3,6-11H,1,4-5,12-14H2,(H,24,28)(H,26,27). The molecule has 2 aromatic carbocycles. The lowest BCUT2D eigenvalue weighted by molar-refractivity contribution is 0.0932. The van der Waals surface area contributed by atoms with Crippen LogP contribution in [0, 0.1) is 5.82 Å². The van der Waals surface area contributed by atoms with Crippen LogP contribution in [0.15, 0.2) is 53.3 Å². The Kier molecular flexibility index (Phi) is 4.94. The molecule has 0 atom stereocenters. The van der Waals surface area contributed by atoms with Crippen molar-refractivity contribution in [3.63, 3.8) is 0 Å². The van der Waals surface area contributed by atoms with Crippen molar-refractivity contribution >= 4 is 16.7 Å². The molecule has 6 heteroatoms. The van der Waals surface area contributed by atoms with Gasteiger partial charge in [0.25, 0.3) is 11.5 Å². The van der Waals surface area contributed by atoms with E-state index in [1.54, 1.807) is 24.3 Å². The van der Waals surface area contributed by atoms with E-state index in [4.69, 9.17) is 0 Å². The van der Waals surface area contributed by atoms with Crippen molar-refractivity contribution in [3.8, 4) is 0 Å². The van der Waals surface area contributed by atoms with Gasteiger partial charge in [0, 0.05) is 17.3 Å². The molecule has 2 N–H and O–H groups in total. The Morgan fingerprint density at radius 2 is 1.71 bits per heavy atom. The molecule has 0 unspecified atom stereocenters. The Labute approximate surface area is 162 Å². The minimum Gasteiger partial charge on any atom is -0.350 e. The highest BCUT2D eigenvalue weighted by molar-refractivity contribution is 6.04. The highest BCUT2D eigenvalue weighted by Crippen LogP contribution is 2.39. The quantitative estimate of drug-likeness (QED) is 0.726. The molecule has 28 heavy (non-hydrogen) atoms. The lowest BCUT2D eigenvalue weighted by Crippen LogP contribution is -2.42. The van der Waals surface area contributed by atoms with Crippen LogP contribution in [0.2, 0.25) is 0 Å². The second kappa shape index (κ2) is 7.54. The molecule has 0 radical (unpaired) electrons. The van der Waals surface area contributed by atoms with Gasteiger partial charge >= 0.3 is 0 Å². The van der Waals surface area contributed by atoms with Gasteiger partial charge in [0.05, 0.1) is 5.39 Å². The van der Waals surface area contributed by atoms with Gasteiger partial charge in [-0.15, -0.1) is 0 Å². The SMILES string of the molecule is O=C(NCC1(c2ccc(F)cc2)CCCCC1)c1n[nH]c(=O)c2ccccc12. The fourth-order valence-corrected chi connectivity index (χ4v) is 4.22. The number of fused-ring (bicyclic) bond motifs is 1. The van der Waals surface area contributed by atoms with Crippen molar-refractivity contribution in [1.82, 2.24) is 15.5 Å². The van der Waals surface area contributed by atoms with Gasteiger partial charge in [-0.05, 0) is 36.6 Å². The largest absolute Gasteiger partial charge is 0.350 e. The molecule has 1 aromatic heterocycles. The molecule has 0 aliphatic heterocycles. The molecule has 144 valence electrons. The highest BCUT2D eigenvalue weighted by atomic mass is 19.1. The maximum Gasteiger partial charge on any atom is 0.272 e. The van der Waals surface area contributed by atoms with Gasteiger partial charge in [-0.2, -0.15) is 5.10 Å². The van der Waals surface area contributed by atoms with Crippen LogP contribution < -0.4 is 10.9 Å². The van der Waals surface area contributed by atoms with E-state index < -0.39 is 0 Å². The predicted octanol–water partition coefficient (Wildman–Crippen LogP) is 3.69. The summed E-state index contributed by atoms with van der Waals surface area (Å²) in [4.78, 5) is 24.8. The van der Waals surface area contributed by atoms with E-state index in [1.165, 1.54) is 18.6 Å². The molecule has 3 aromatic rings. The van der Waals surface area contributed by atoms with Crippen molar-refractivity contribution in [2.24, 2.45) is 0 Å². The molecule has 1 heterocycles. The molecule has 4 rings (SSSR count). The molecular formula is C22H22FN3O2. The zero-order valence-electron chi connectivity index (χ0n) is 15.5. The third-order valence-corrected chi connectivity index (χ3v) is 5.77. The Morgan fingerprint density at radius 3 is 2.43 bits per heavy atom. The predicted molar refractivity (Wildman–Crippen MR) is 106 cm³/mol. The number of H-pyrrole nitrogens is 1. The second-order valence-corrected chi connectivity index (χ2v) is 7.48. The van der Waals surface area contributed by atoms with Crippen LogP contribution in [-0.2, 0) is 5.41 Å². The van der Waals surface area contributed by atoms with Gasteiger partial charge in [0.15, 0.2) is 5.69 Å². The van der Waals surface area contributed by atoms with Gasteiger partial charge in [-0.25, -0.2) is 9.49 Å². The molecule has 1 fully saturated rings. The lowest BCUT2D eigenvalue weighted by atomic mass is 9.69. The van der Waals surface area contributed by atoms with Crippen molar-refractivity contribution in [1.29, 1.82) is 0 Å². The molecule has 0 bridgehead atoms. The molecule has 1 aliphatic rings. The number of amides is 1. The Bertz CT molecular complexity index is 1050. The molecular weight excluding hydrogens is 357 g/mol. The maximum atomic E-state index is 13.4. The summed E-state index contributed by atoms with van der Waals surface area (Å²) in [6.45, 7) is 0.451. The first-order valence-corrected chi connectivity index (χ1v) is 9.61. The van der Waals surface area contributed by atoms with Crippen LogP contribution >= 0.6 is 0 Å². The summed E-state index contributed by atoms with van der Waals surface area (Å²) in [6.07, 6.45) is 5.21. The van der Waals surface area contributed by atoms with Crippen molar-refractivity contribution in [2.45, 2.75) is 37.5 Å². The Hall–Kier alpha value is -3.02. The first-order valence-electron chi connectivity index (χ1n) is 9.61. The van der Waals surface area contributed by atoms with Crippen LogP contribution in [0.5, 0.6) is 0 Å². The summed E-state index contributed by atoms with van der Waals surface area (Å²) in [6, 6.07) is 13.5. The van der Waals surface area contributed by atoms with E-state index in [-0.39, 0.29) is 28.4 Å². The third kappa shape index (κ3) is 3.42. The topological polar surface area (TPSA) is 74.8 Å². The number of aromatic amines is 1. The van der Waals surface area contributed by atoms with Gasteiger partial charge in [-0.3, -0.25) is 9.59 Å². The summed E-state index contributed by atoms with van der Waals surface area (Å²) >= 11 is 0. The van der Waals surface area contributed by atoms with Crippen molar-refractivity contribution < 1.29 is 9.18 Å². The van der Waals surface area contributed by atoms with Crippen LogP contribution in [0.1, 0.15) is 48.2 Å². The van der Waals surface area contributed by atoms with E-state index in [2.05, 4.69) is 15.5 Å². The molecule has 1 saturated carbocycles. The van der Waals surface area contributed by atoms with Crippen molar-refractivity contribution in [3.05, 3.63) is 76.0 Å². The Balaban J connectivity index is 1.61. The number of carbonyl (C=O) groups excluding carboxylic acids is 1. The summed E-state index contributed by atoms with van der Waals surface area (Å²) in [5.74, 6) is -0.581. The fraction of sp³-hybridized carbons (Fsp3) is 0.318. The minimum atomic E-state index is -0.320. The number of hydrogen-bond donors (Lipinski definition) is 2. The first-order chi connectivity index (χ1) is 13.6. The third-order valence-electron chi connectivity index (χ3n) is 5.77. The molecule has 1 aliphatic carbocycles. The van der Waals surface area contributed by atoms with Gasteiger partial charge < -0.3 is 5.32 Å². The fourth-order valence-electron chi connectivity index (χ4n) is 4.22. The second-order valence-electron chi connectivity index (χ2n) is 7.48. The molecule has 0 saturated heterocycles. The summed E-state index contributed by atoms with van der Waals surface area (Å²) in [7, 11) is 0. The number of rotatable bonds is 4. The molecule has 5 nitrogen and oxygen atoms in total. The lowest BCUT2D eigenvalue weighted by Gasteiger charge is -2.38. The minimum absolute atomic E-state index is 0.209. The smallest absolute Gasteiger partial charge is 0.272 e. The van der Waals surface area contributed by atoms with E-state index in [9.17, 15) is 14.0 Å². The number of aromatic nitrogens is 2. The zero-order chi connectivity index (χ0) is 19.6. The number of hydrogen-bond acceptors (Lipinski definition) is 3. The number of halogens is 1. The van der Waals surface area contributed by atoms with E-state index in [0.717, 1.165) is 31.2 Å². The highest BCUT2D eigenvalue weighted by Gasteiger charge is 2.34. The van der Waals surface area contributed by atoms with Gasteiger partial charge in [-0.1, -0.05) is 49.6 Å². The summed E-state index contributed by atoms with van der Waals surface area (Å²) < 4.78 is 13.4. The average Bonchev–Trinajstić information content (AvgIpc) is 2.74. The maximum absolute atomic E-state index is 13.4. The monoisotopic (exact) mass is 379 g/mol. The van der Waals surface area contributed by atoms with Crippen LogP contribution in [-0.4, -0.2) is 22.6 Å². The average molecular weight is 379 g/mol. The van der Waals surface area contributed by atoms with Gasteiger partial charge in [0.1, 0.15) is 5.82 Å². The van der Waals surface area contributed by atoms with Crippen LogP contribution in [0.4, 0.5) is 4.39 Å². The number of nitrogens with zero attached hydrogens (tertiary/aromatic N) is 1. The number of carbonyl (C=O) groups is 1. The first kappa shape index (κ1) is 18.3. The summed E-state index contributed by atoms with van der Waals surface area (Å²) in [5.41, 5.74) is 0.732. The van der Waals surface area contributed by atoms with Crippen LogP contribution in [0.3, 0.4) is 0 Å². The Morgan fingerprint density at radius 1 is 1.04 bits per heavy atom. The molecule has 0 spiro atoms. The zero-order valence-corrected chi connectivity index (χ0v) is 15.5. The van der Waals surface area contributed by atoms with Crippen molar-refractivity contribution in [2.75, 3.05) is 6.54 Å². The summed E-state index contributed by atoms with van der Waals surface area (Å²) in [5, 5.41) is 10.4. The normalized spacial score (nSPS) is 16.0.